The van der Waals surface area contributed by atoms with Crippen LogP contribution in [0.5, 0.6) is 0 Å². The predicted octanol–water partition coefficient (Wildman–Crippen LogP) is 5.33. The van der Waals surface area contributed by atoms with Gasteiger partial charge in [0.15, 0.2) is 0 Å². The molecule has 0 aliphatic carbocycles. The van der Waals surface area contributed by atoms with Gasteiger partial charge in [-0.15, -0.1) is 0 Å². The number of nitrogen functional groups attached to an aromatic ring is 1. The number of halogens is 3. The lowest BCUT2D eigenvalue weighted by Gasteiger charge is -2.11. The second-order valence-electron chi connectivity index (χ2n) is 5.60. The molecule has 0 spiro atoms. The zero-order chi connectivity index (χ0) is 17.3. The largest absolute Gasteiger partial charge is 0.416 e. The van der Waals surface area contributed by atoms with Crippen molar-refractivity contribution in [3.63, 3.8) is 0 Å². The molecule has 122 valence electrons. The fraction of sp³-hybridized carbons (Fsp3) is 0.105. The first kappa shape index (κ1) is 16.1. The van der Waals surface area contributed by atoms with E-state index in [9.17, 15) is 13.2 Å². The summed E-state index contributed by atoms with van der Waals surface area (Å²) in [5.41, 5.74) is 9.42. The minimum Gasteiger partial charge on any atom is -0.383 e. The van der Waals surface area contributed by atoms with Gasteiger partial charge in [-0.1, -0.05) is 42.0 Å². The summed E-state index contributed by atoms with van der Waals surface area (Å²) in [5, 5.41) is 0. The van der Waals surface area contributed by atoms with Crippen molar-refractivity contribution in [3.8, 4) is 22.3 Å². The Kier molecular flexibility index (Phi) is 4.01. The Morgan fingerprint density at radius 3 is 2.00 bits per heavy atom. The third kappa shape index (κ3) is 3.25. The van der Waals surface area contributed by atoms with Crippen molar-refractivity contribution < 1.29 is 13.2 Å². The van der Waals surface area contributed by atoms with E-state index in [4.69, 9.17) is 5.73 Å². The average molecular weight is 328 g/mol. The molecule has 2 aromatic carbocycles. The Morgan fingerprint density at radius 2 is 1.42 bits per heavy atom. The Labute approximate surface area is 137 Å². The van der Waals surface area contributed by atoms with Gasteiger partial charge in [0.2, 0.25) is 0 Å². The number of anilines is 1. The van der Waals surface area contributed by atoms with E-state index < -0.39 is 11.7 Å². The maximum absolute atomic E-state index is 12.7. The third-order valence-corrected chi connectivity index (χ3v) is 3.83. The lowest BCUT2D eigenvalue weighted by Crippen LogP contribution is -2.04. The molecule has 5 heteroatoms. The van der Waals surface area contributed by atoms with Crippen LogP contribution in [0.1, 0.15) is 11.1 Å². The molecule has 0 atom stereocenters. The van der Waals surface area contributed by atoms with Crippen LogP contribution in [0.3, 0.4) is 0 Å². The van der Waals surface area contributed by atoms with Gasteiger partial charge < -0.3 is 5.73 Å². The van der Waals surface area contributed by atoms with Crippen LogP contribution < -0.4 is 5.73 Å². The molecular weight excluding hydrogens is 313 g/mol. The molecule has 1 aromatic heterocycles. The molecular formula is C19H15F3N2. The van der Waals surface area contributed by atoms with E-state index in [1.807, 2.05) is 37.3 Å². The van der Waals surface area contributed by atoms with Gasteiger partial charge in [0.05, 0.1) is 5.56 Å². The number of hydrogen-bond donors (Lipinski definition) is 1. The monoisotopic (exact) mass is 328 g/mol. The number of benzene rings is 2. The minimum atomic E-state index is -4.36. The van der Waals surface area contributed by atoms with E-state index in [1.54, 1.807) is 6.20 Å². The predicted molar refractivity (Wildman–Crippen MR) is 89.3 cm³/mol. The quantitative estimate of drug-likeness (QED) is 0.691. The molecule has 0 aliphatic heterocycles. The lowest BCUT2D eigenvalue weighted by molar-refractivity contribution is -0.137. The number of nitrogens with zero attached hydrogens (tertiary/aromatic N) is 1. The summed E-state index contributed by atoms with van der Waals surface area (Å²) in [4.78, 5) is 4.18. The molecule has 1 heterocycles. The van der Waals surface area contributed by atoms with Crippen molar-refractivity contribution in [1.82, 2.24) is 4.98 Å². The van der Waals surface area contributed by atoms with Crippen molar-refractivity contribution in [2.45, 2.75) is 13.1 Å². The molecule has 0 saturated carbocycles. The van der Waals surface area contributed by atoms with Crippen LogP contribution >= 0.6 is 0 Å². The number of aromatic nitrogens is 1. The first-order valence-corrected chi connectivity index (χ1v) is 7.35. The molecule has 2 nitrogen and oxygen atoms in total. The van der Waals surface area contributed by atoms with Gasteiger partial charge in [-0.25, -0.2) is 4.98 Å². The SMILES string of the molecule is Cc1ccc(-c2cnc(N)c(-c3ccc(C(F)(F)F)cc3)c2)cc1. The standard InChI is InChI=1S/C19H15F3N2/c1-12-2-4-13(5-3-12)15-10-17(18(23)24-11-15)14-6-8-16(9-7-14)19(20,21)22/h2-11H,1H3,(H2,23,24). The number of rotatable bonds is 2. The van der Waals surface area contributed by atoms with Crippen LogP contribution in [0.25, 0.3) is 22.3 Å². The summed E-state index contributed by atoms with van der Waals surface area (Å²) in [6, 6.07) is 14.7. The second kappa shape index (κ2) is 6.00. The molecule has 0 unspecified atom stereocenters. The van der Waals surface area contributed by atoms with Crippen molar-refractivity contribution in [3.05, 3.63) is 71.9 Å². The highest BCUT2D eigenvalue weighted by Gasteiger charge is 2.30. The number of nitrogens with two attached hydrogens (primary N) is 1. The van der Waals surface area contributed by atoms with Crippen LogP contribution in [0.2, 0.25) is 0 Å². The molecule has 0 radical (unpaired) electrons. The van der Waals surface area contributed by atoms with Gasteiger partial charge in [0, 0.05) is 17.3 Å². The van der Waals surface area contributed by atoms with Crippen LogP contribution in [0.4, 0.5) is 19.0 Å². The average Bonchev–Trinajstić information content (AvgIpc) is 2.55. The van der Waals surface area contributed by atoms with E-state index in [-0.39, 0.29) is 5.82 Å². The van der Waals surface area contributed by atoms with Crippen molar-refractivity contribution in [1.29, 1.82) is 0 Å². The Morgan fingerprint density at radius 1 is 0.833 bits per heavy atom. The lowest BCUT2D eigenvalue weighted by atomic mass is 9.99. The fourth-order valence-corrected chi connectivity index (χ4v) is 2.45. The highest BCUT2D eigenvalue weighted by atomic mass is 19.4. The molecule has 0 bridgehead atoms. The normalized spacial score (nSPS) is 11.5. The van der Waals surface area contributed by atoms with E-state index >= 15 is 0 Å². The van der Waals surface area contributed by atoms with Gasteiger partial charge in [-0.3, -0.25) is 0 Å². The Hall–Kier alpha value is -2.82. The van der Waals surface area contributed by atoms with Crippen LogP contribution in [0.15, 0.2) is 60.8 Å². The summed E-state index contributed by atoms with van der Waals surface area (Å²) < 4.78 is 38.0. The van der Waals surface area contributed by atoms with Gasteiger partial charge in [0.25, 0.3) is 0 Å². The topological polar surface area (TPSA) is 38.9 Å². The molecule has 3 aromatic rings. The van der Waals surface area contributed by atoms with Crippen LogP contribution in [-0.4, -0.2) is 4.98 Å². The molecule has 0 saturated heterocycles. The summed E-state index contributed by atoms with van der Waals surface area (Å²) in [5.74, 6) is 0.283. The van der Waals surface area contributed by atoms with Gasteiger partial charge in [0.1, 0.15) is 5.82 Å². The minimum absolute atomic E-state index is 0.283. The number of alkyl halides is 3. The molecule has 0 aliphatic rings. The first-order chi connectivity index (χ1) is 11.3. The van der Waals surface area contributed by atoms with Crippen LogP contribution in [0, 0.1) is 6.92 Å². The summed E-state index contributed by atoms with van der Waals surface area (Å²) in [7, 11) is 0. The van der Waals surface area contributed by atoms with Crippen molar-refractivity contribution >= 4 is 5.82 Å². The number of pyridine rings is 1. The van der Waals surface area contributed by atoms with Gasteiger partial charge in [-0.2, -0.15) is 13.2 Å². The Bertz CT molecular complexity index is 851. The van der Waals surface area contributed by atoms with Crippen LogP contribution in [-0.2, 0) is 6.18 Å². The molecule has 0 amide bonds. The van der Waals surface area contributed by atoms with E-state index in [1.165, 1.54) is 12.1 Å². The van der Waals surface area contributed by atoms with E-state index in [0.717, 1.165) is 28.8 Å². The maximum atomic E-state index is 12.7. The first-order valence-electron chi connectivity index (χ1n) is 7.35. The second-order valence-corrected chi connectivity index (χ2v) is 5.60. The summed E-state index contributed by atoms with van der Waals surface area (Å²) in [6.45, 7) is 2.00. The zero-order valence-corrected chi connectivity index (χ0v) is 12.9. The third-order valence-electron chi connectivity index (χ3n) is 3.83. The Balaban J connectivity index is 2.02. The highest BCUT2D eigenvalue weighted by Crippen LogP contribution is 2.33. The summed E-state index contributed by atoms with van der Waals surface area (Å²) >= 11 is 0. The number of hydrogen-bond acceptors (Lipinski definition) is 2. The zero-order valence-electron chi connectivity index (χ0n) is 12.9. The molecule has 24 heavy (non-hydrogen) atoms. The smallest absolute Gasteiger partial charge is 0.383 e. The fourth-order valence-electron chi connectivity index (χ4n) is 2.45. The number of aryl methyl sites for hydroxylation is 1. The maximum Gasteiger partial charge on any atom is 0.416 e. The van der Waals surface area contributed by atoms with Gasteiger partial charge >= 0.3 is 6.18 Å². The van der Waals surface area contributed by atoms with Crippen molar-refractivity contribution in [2.75, 3.05) is 5.73 Å². The molecule has 3 rings (SSSR count). The van der Waals surface area contributed by atoms with Gasteiger partial charge in [-0.05, 0) is 36.2 Å². The molecule has 0 fully saturated rings. The van der Waals surface area contributed by atoms with E-state index in [0.29, 0.717) is 11.1 Å². The van der Waals surface area contributed by atoms with E-state index in [2.05, 4.69) is 4.98 Å². The van der Waals surface area contributed by atoms with Crippen molar-refractivity contribution in [2.24, 2.45) is 0 Å². The summed E-state index contributed by atoms with van der Waals surface area (Å²) in [6.07, 6.45) is -2.69. The highest BCUT2D eigenvalue weighted by molar-refractivity contribution is 5.79. The molecule has 2 N–H and O–H groups in total.